The fourth-order valence-electron chi connectivity index (χ4n) is 2.71. The van der Waals surface area contributed by atoms with Crippen molar-refractivity contribution in [2.75, 3.05) is 11.5 Å². The lowest BCUT2D eigenvalue weighted by Crippen LogP contribution is -2.30. The first-order valence-corrected chi connectivity index (χ1v) is 8.85. The number of nitrogens with zero attached hydrogens (tertiary/aromatic N) is 2. The van der Waals surface area contributed by atoms with Crippen LogP contribution in [0.15, 0.2) is 79.1 Å². The molecule has 0 spiro atoms. The molecule has 0 bridgehead atoms. The predicted octanol–water partition coefficient (Wildman–Crippen LogP) is 4.61. The van der Waals surface area contributed by atoms with Crippen molar-refractivity contribution in [2.24, 2.45) is 0 Å². The Labute approximate surface area is 158 Å². The van der Waals surface area contributed by atoms with Crippen LogP contribution in [0, 0.1) is 5.82 Å². The van der Waals surface area contributed by atoms with Crippen molar-refractivity contribution in [1.82, 2.24) is 4.98 Å². The molecule has 0 radical (unpaired) electrons. The van der Waals surface area contributed by atoms with E-state index in [4.69, 9.17) is 4.74 Å². The van der Waals surface area contributed by atoms with E-state index in [1.165, 1.54) is 12.1 Å². The minimum Gasteiger partial charge on any atom is -0.494 e. The molecule has 138 valence electrons. The van der Waals surface area contributed by atoms with E-state index in [-0.39, 0.29) is 11.7 Å². The number of amides is 1. The van der Waals surface area contributed by atoms with E-state index in [2.05, 4.69) is 4.98 Å². The average Bonchev–Trinajstić information content (AvgIpc) is 2.71. The number of carbonyl (C=O) groups is 1. The highest BCUT2D eigenvalue weighted by molar-refractivity contribution is 5.93. The molecule has 3 aromatic rings. The normalized spacial score (nSPS) is 10.4. The second kappa shape index (κ2) is 9.48. The molecule has 1 amide bonds. The van der Waals surface area contributed by atoms with Gasteiger partial charge in [-0.1, -0.05) is 30.3 Å². The molecule has 27 heavy (non-hydrogen) atoms. The number of ether oxygens (including phenoxy) is 1. The summed E-state index contributed by atoms with van der Waals surface area (Å²) < 4.78 is 19.3. The van der Waals surface area contributed by atoms with E-state index in [0.29, 0.717) is 31.7 Å². The van der Waals surface area contributed by atoms with E-state index in [0.717, 1.165) is 11.3 Å². The van der Waals surface area contributed by atoms with Crippen LogP contribution in [0.4, 0.5) is 10.1 Å². The molecule has 0 fully saturated rings. The van der Waals surface area contributed by atoms with Crippen LogP contribution in [0.5, 0.6) is 5.75 Å². The van der Waals surface area contributed by atoms with Crippen molar-refractivity contribution in [3.05, 3.63) is 90.5 Å². The minimum absolute atomic E-state index is 0.0823. The summed E-state index contributed by atoms with van der Waals surface area (Å²) in [5.74, 6) is 0.326. The first-order valence-electron chi connectivity index (χ1n) is 8.85. The third-order valence-electron chi connectivity index (χ3n) is 4.03. The predicted molar refractivity (Wildman–Crippen MR) is 103 cm³/mol. The lowest BCUT2D eigenvalue weighted by atomic mass is 10.2. The van der Waals surface area contributed by atoms with Gasteiger partial charge in [0.2, 0.25) is 5.91 Å². The van der Waals surface area contributed by atoms with Gasteiger partial charge < -0.3 is 9.64 Å². The molecule has 1 heterocycles. The molecule has 0 saturated carbocycles. The lowest BCUT2D eigenvalue weighted by molar-refractivity contribution is -0.119. The van der Waals surface area contributed by atoms with E-state index < -0.39 is 0 Å². The summed E-state index contributed by atoms with van der Waals surface area (Å²) in [6.07, 6.45) is 4.27. The quantitative estimate of drug-likeness (QED) is 0.548. The zero-order valence-electron chi connectivity index (χ0n) is 14.9. The summed E-state index contributed by atoms with van der Waals surface area (Å²) in [4.78, 5) is 18.5. The van der Waals surface area contributed by atoms with E-state index in [9.17, 15) is 9.18 Å². The summed E-state index contributed by atoms with van der Waals surface area (Å²) in [6, 6.07) is 19.3. The number of carbonyl (C=O) groups excluding carboxylic acids is 1. The fraction of sp³-hybridized carbons (Fsp3) is 0.182. The number of benzene rings is 2. The van der Waals surface area contributed by atoms with Crippen LogP contribution in [-0.4, -0.2) is 17.5 Å². The van der Waals surface area contributed by atoms with Crippen LogP contribution in [0.3, 0.4) is 0 Å². The smallest absolute Gasteiger partial charge is 0.227 e. The van der Waals surface area contributed by atoms with Crippen molar-refractivity contribution in [3.63, 3.8) is 0 Å². The molecular weight excluding hydrogens is 343 g/mol. The monoisotopic (exact) mass is 364 g/mol. The lowest BCUT2D eigenvalue weighted by Gasteiger charge is -2.23. The van der Waals surface area contributed by atoms with Gasteiger partial charge in [0.05, 0.1) is 13.2 Å². The second-order valence-corrected chi connectivity index (χ2v) is 6.09. The largest absolute Gasteiger partial charge is 0.494 e. The van der Waals surface area contributed by atoms with Crippen LogP contribution in [0.2, 0.25) is 0 Å². The maximum absolute atomic E-state index is 13.7. The van der Waals surface area contributed by atoms with Crippen molar-refractivity contribution in [2.45, 2.75) is 19.4 Å². The highest BCUT2D eigenvalue weighted by atomic mass is 19.1. The maximum Gasteiger partial charge on any atom is 0.227 e. The Morgan fingerprint density at radius 1 is 1.04 bits per heavy atom. The van der Waals surface area contributed by atoms with E-state index in [1.54, 1.807) is 29.4 Å². The van der Waals surface area contributed by atoms with Gasteiger partial charge in [0.15, 0.2) is 0 Å². The number of anilines is 1. The molecule has 2 aromatic carbocycles. The molecule has 3 rings (SSSR count). The van der Waals surface area contributed by atoms with Crippen LogP contribution in [0.1, 0.15) is 18.4 Å². The fourth-order valence-corrected chi connectivity index (χ4v) is 2.71. The molecule has 0 aliphatic rings. The molecule has 5 heteroatoms. The van der Waals surface area contributed by atoms with E-state index in [1.807, 2.05) is 42.5 Å². The number of aromatic nitrogens is 1. The van der Waals surface area contributed by atoms with Gasteiger partial charge in [-0.05, 0) is 48.4 Å². The third-order valence-corrected chi connectivity index (χ3v) is 4.03. The Kier molecular flexibility index (Phi) is 6.52. The minimum atomic E-state index is -0.371. The summed E-state index contributed by atoms with van der Waals surface area (Å²) in [5.41, 5.74) is 1.42. The molecule has 0 aliphatic carbocycles. The molecule has 4 nitrogen and oxygen atoms in total. The Morgan fingerprint density at radius 3 is 2.63 bits per heavy atom. The second-order valence-electron chi connectivity index (χ2n) is 6.09. The van der Waals surface area contributed by atoms with Gasteiger partial charge in [0, 0.05) is 24.5 Å². The standard InChI is InChI=1S/C22H21FN2O2/c23-19-8-4-9-20(15-19)25(17-18-7-5-13-24-16-18)22(26)12-6-14-27-21-10-2-1-3-11-21/h1-5,7-11,13,15-16H,6,12,14,17H2. The van der Waals surface area contributed by atoms with Crippen LogP contribution in [-0.2, 0) is 11.3 Å². The van der Waals surface area contributed by atoms with Gasteiger partial charge in [-0.2, -0.15) is 0 Å². The first kappa shape index (κ1) is 18.6. The zero-order chi connectivity index (χ0) is 18.9. The number of hydrogen-bond acceptors (Lipinski definition) is 3. The Bertz CT molecular complexity index is 856. The zero-order valence-corrected chi connectivity index (χ0v) is 14.9. The highest BCUT2D eigenvalue weighted by Gasteiger charge is 2.17. The van der Waals surface area contributed by atoms with E-state index >= 15 is 0 Å². The van der Waals surface area contributed by atoms with Crippen LogP contribution < -0.4 is 9.64 Å². The Hall–Kier alpha value is -3.21. The molecular formula is C22H21FN2O2. The summed E-state index contributed by atoms with van der Waals surface area (Å²) in [6.45, 7) is 0.787. The van der Waals surface area contributed by atoms with Gasteiger partial charge in [0.25, 0.3) is 0 Å². The summed E-state index contributed by atoms with van der Waals surface area (Å²) in [7, 11) is 0. The summed E-state index contributed by atoms with van der Waals surface area (Å²) in [5, 5.41) is 0. The van der Waals surface area contributed by atoms with Crippen molar-refractivity contribution < 1.29 is 13.9 Å². The Balaban J connectivity index is 1.63. The average molecular weight is 364 g/mol. The van der Waals surface area contributed by atoms with Gasteiger partial charge >= 0.3 is 0 Å². The molecule has 0 unspecified atom stereocenters. The topological polar surface area (TPSA) is 42.4 Å². The number of pyridine rings is 1. The SMILES string of the molecule is O=C(CCCOc1ccccc1)N(Cc1cccnc1)c1cccc(F)c1. The van der Waals surface area contributed by atoms with Crippen molar-refractivity contribution >= 4 is 11.6 Å². The first-order chi connectivity index (χ1) is 13.2. The number of rotatable bonds is 8. The molecule has 0 N–H and O–H groups in total. The van der Waals surface area contributed by atoms with Crippen molar-refractivity contribution in [1.29, 1.82) is 0 Å². The Morgan fingerprint density at radius 2 is 1.89 bits per heavy atom. The number of halogens is 1. The van der Waals surface area contributed by atoms with Crippen molar-refractivity contribution in [3.8, 4) is 5.75 Å². The highest BCUT2D eigenvalue weighted by Crippen LogP contribution is 2.20. The van der Waals surface area contributed by atoms with Gasteiger partial charge in [-0.3, -0.25) is 9.78 Å². The van der Waals surface area contributed by atoms with Crippen LogP contribution >= 0.6 is 0 Å². The molecule has 0 saturated heterocycles. The van der Waals surface area contributed by atoms with Crippen LogP contribution in [0.25, 0.3) is 0 Å². The molecule has 1 aromatic heterocycles. The maximum atomic E-state index is 13.7. The molecule has 0 aliphatic heterocycles. The number of hydrogen-bond donors (Lipinski definition) is 0. The van der Waals surface area contributed by atoms with Gasteiger partial charge in [0.1, 0.15) is 11.6 Å². The molecule has 0 atom stereocenters. The van der Waals surface area contributed by atoms with Gasteiger partial charge in [-0.25, -0.2) is 4.39 Å². The number of para-hydroxylation sites is 1. The summed E-state index contributed by atoms with van der Waals surface area (Å²) >= 11 is 0. The van der Waals surface area contributed by atoms with Gasteiger partial charge in [-0.15, -0.1) is 0 Å². The third kappa shape index (κ3) is 5.64.